The lowest BCUT2D eigenvalue weighted by atomic mass is 9.91. The Morgan fingerprint density at radius 1 is 1.03 bits per heavy atom. The molecule has 0 atom stereocenters. The second-order valence-electron chi connectivity index (χ2n) is 8.69. The molecule has 190 valence electrons. The maximum absolute atomic E-state index is 13.2. The SMILES string of the molecule is C=C(N)c1cc(NC(=O)c2cnc(C(C)(C)C)cc2Oc2ccc(OC(F)(F)F)cc2OC)ccn1. The molecule has 3 rings (SSSR count). The van der Waals surface area contributed by atoms with Crippen LogP contribution >= 0.6 is 0 Å². The molecule has 1 amide bonds. The summed E-state index contributed by atoms with van der Waals surface area (Å²) >= 11 is 0. The van der Waals surface area contributed by atoms with Crippen molar-refractivity contribution in [2.75, 3.05) is 12.4 Å². The van der Waals surface area contributed by atoms with Gasteiger partial charge in [-0.05, 0) is 24.3 Å². The lowest BCUT2D eigenvalue weighted by Crippen LogP contribution is -2.18. The number of hydrogen-bond donors (Lipinski definition) is 2. The van der Waals surface area contributed by atoms with Gasteiger partial charge in [0, 0.05) is 41.3 Å². The Bertz CT molecular complexity index is 1290. The number of methoxy groups -OCH3 is 1. The van der Waals surface area contributed by atoms with E-state index < -0.39 is 18.0 Å². The minimum absolute atomic E-state index is 0.0301. The van der Waals surface area contributed by atoms with E-state index in [-0.39, 0.29) is 33.9 Å². The molecule has 36 heavy (non-hydrogen) atoms. The summed E-state index contributed by atoms with van der Waals surface area (Å²) in [7, 11) is 1.27. The molecule has 0 saturated carbocycles. The third kappa shape index (κ3) is 6.65. The fourth-order valence-electron chi connectivity index (χ4n) is 3.03. The quantitative estimate of drug-likeness (QED) is 0.429. The number of nitrogens with one attached hydrogen (secondary N) is 1. The molecule has 2 heterocycles. The third-order valence-electron chi connectivity index (χ3n) is 4.81. The Balaban J connectivity index is 1.99. The van der Waals surface area contributed by atoms with E-state index in [1.54, 1.807) is 18.2 Å². The first-order valence-electron chi connectivity index (χ1n) is 10.6. The topological polar surface area (TPSA) is 109 Å². The van der Waals surface area contributed by atoms with Gasteiger partial charge in [-0.2, -0.15) is 0 Å². The number of carbonyl (C=O) groups is 1. The highest BCUT2D eigenvalue weighted by Gasteiger charge is 2.31. The first-order chi connectivity index (χ1) is 16.8. The van der Waals surface area contributed by atoms with Crippen LogP contribution in [0.2, 0.25) is 0 Å². The van der Waals surface area contributed by atoms with Crippen LogP contribution in [0.3, 0.4) is 0 Å². The van der Waals surface area contributed by atoms with Crippen LogP contribution in [0.1, 0.15) is 42.5 Å². The summed E-state index contributed by atoms with van der Waals surface area (Å²) in [6, 6.07) is 8.08. The normalized spacial score (nSPS) is 11.5. The van der Waals surface area contributed by atoms with Crippen molar-refractivity contribution in [3.8, 4) is 23.0 Å². The fraction of sp³-hybridized carbons (Fsp3) is 0.240. The van der Waals surface area contributed by atoms with Crippen LogP contribution < -0.4 is 25.3 Å². The zero-order chi connectivity index (χ0) is 26.7. The van der Waals surface area contributed by atoms with Gasteiger partial charge in [0.25, 0.3) is 5.91 Å². The fourth-order valence-corrected chi connectivity index (χ4v) is 3.03. The highest BCUT2D eigenvalue weighted by Crippen LogP contribution is 2.38. The molecule has 0 unspecified atom stereocenters. The number of anilines is 1. The Kier molecular flexibility index (Phi) is 7.42. The number of hydrogen-bond acceptors (Lipinski definition) is 7. The molecule has 0 radical (unpaired) electrons. The van der Waals surface area contributed by atoms with Crippen LogP contribution in [0.15, 0.2) is 55.4 Å². The second-order valence-corrected chi connectivity index (χ2v) is 8.69. The standard InChI is InChI=1S/C25H25F3N4O4/c1-14(29)18-10-15(8-9-30-18)32-23(33)17-13-31-22(24(2,3)4)12-20(17)35-19-7-6-16(11-21(19)34-5)36-25(26,27)28/h6-13H,1,29H2,2-5H3,(H,30,32,33). The van der Waals surface area contributed by atoms with E-state index in [4.69, 9.17) is 15.2 Å². The number of alkyl halides is 3. The monoisotopic (exact) mass is 502 g/mol. The molecule has 1 aromatic carbocycles. The van der Waals surface area contributed by atoms with Gasteiger partial charge in [0.1, 0.15) is 17.1 Å². The van der Waals surface area contributed by atoms with Gasteiger partial charge in [-0.3, -0.25) is 14.8 Å². The van der Waals surface area contributed by atoms with Crippen LogP contribution in [0.5, 0.6) is 23.0 Å². The number of pyridine rings is 2. The molecule has 8 nitrogen and oxygen atoms in total. The number of nitrogens with zero attached hydrogens (tertiary/aromatic N) is 2. The molecule has 0 aliphatic rings. The molecule has 2 aromatic heterocycles. The van der Waals surface area contributed by atoms with Gasteiger partial charge in [-0.1, -0.05) is 27.4 Å². The van der Waals surface area contributed by atoms with Crippen molar-refractivity contribution in [1.29, 1.82) is 0 Å². The maximum Gasteiger partial charge on any atom is 0.573 e. The van der Waals surface area contributed by atoms with Crippen LogP contribution in [0.4, 0.5) is 18.9 Å². The molecule has 0 bridgehead atoms. The molecular formula is C25H25F3N4O4. The zero-order valence-corrected chi connectivity index (χ0v) is 20.1. The van der Waals surface area contributed by atoms with Gasteiger partial charge in [0.05, 0.1) is 18.5 Å². The lowest BCUT2D eigenvalue weighted by Gasteiger charge is -2.20. The molecule has 0 fully saturated rings. The predicted octanol–water partition coefficient (Wildman–Crippen LogP) is 5.66. The van der Waals surface area contributed by atoms with E-state index in [0.29, 0.717) is 17.1 Å². The van der Waals surface area contributed by atoms with Crippen molar-refractivity contribution in [2.24, 2.45) is 5.73 Å². The number of aromatic nitrogens is 2. The Morgan fingerprint density at radius 2 is 1.75 bits per heavy atom. The number of carbonyl (C=O) groups excluding carboxylic acids is 1. The van der Waals surface area contributed by atoms with Crippen molar-refractivity contribution in [3.05, 3.63) is 72.3 Å². The summed E-state index contributed by atoms with van der Waals surface area (Å²) < 4.78 is 52.9. The van der Waals surface area contributed by atoms with E-state index in [9.17, 15) is 18.0 Å². The van der Waals surface area contributed by atoms with Gasteiger partial charge >= 0.3 is 6.36 Å². The Labute approximate surface area is 205 Å². The Hall–Kier alpha value is -4.28. The van der Waals surface area contributed by atoms with Crippen molar-refractivity contribution in [2.45, 2.75) is 32.5 Å². The number of ether oxygens (including phenoxy) is 3. The van der Waals surface area contributed by atoms with Crippen molar-refractivity contribution >= 4 is 17.3 Å². The average Bonchev–Trinajstić information content (AvgIpc) is 2.78. The molecule has 0 aliphatic heterocycles. The zero-order valence-electron chi connectivity index (χ0n) is 20.1. The summed E-state index contributed by atoms with van der Waals surface area (Å²) in [6.45, 7) is 9.42. The van der Waals surface area contributed by atoms with Gasteiger partial charge in [0.2, 0.25) is 0 Å². The number of rotatable bonds is 7. The largest absolute Gasteiger partial charge is 0.573 e. The highest BCUT2D eigenvalue weighted by molar-refractivity contribution is 6.06. The van der Waals surface area contributed by atoms with Crippen LogP contribution in [-0.4, -0.2) is 29.3 Å². The molecule has 3 N–H and O–H groups in total. The number of benzene rings is 1. The predicted molar refractivity (Wildman–Crippen MR) is 128 cm³/mol. The van der Waals surface area contributed by atoms with Crippen molar-refractivity contribution < 1.29 is 32.2 Å². The lowest BCUT2D eigenvalue weighted by molar-refractivity contribution is -0.274. The number of halogens is 3. The van der Waals surface area contributed by atoms with E-state index in [0.717, 1.165) is 12.1 Å². The average molecular weight is 502 g/mol. The van der Waals surface area contributed by atoms with Crippen molar-refractivity contribution in [3.63, 3.8) is 0 Å². The summed E-state index contributed by atoms with van der Waals surface area (Å²) in [4.78, 5) is 21.6. The molecule has 0 saturated heterocycles. The van der Waals surface area contributed by atoms with Gasteiger partial charge in [0.15, 0.2) is 11.5 Å². The summed E-state index contributed by atoms with van der Waals surface area (Å²) in [6.07, 6.45) is -2.03. The van der Waals surface area contributed by atoms with Crippen LogP contribution in [0, 0.1) is 0 Å². The van der Waals surface area contributed by atoms with Gasteiger partial charge < -0.3 is 25.3 Å². The first kappa shape index (κ1) is 26.3. The highest BCUT2D eigenvalue weighted by atomic mass is 19.4. The van der Waals surface area contributed by atoms with Gasteiger partial charge in [-0.15, -0.1) is 13.2 Å². The summed E-state index contributed by atoms with van der Waals surface area (Å²) in [5.74, 6) is -0.874. The van der Waals surface area contributed by atoms with Crippen molar-refractivity contribution in [1.82, 2.24) is 9.97 Å². The molecule has 3 aromatic rings. The van der Waals surface area contributed by atoms with Crippen LogP contribution in [0.25, 0.3) is 5.70 Å². The molecule has 11 heteroatoms. The maximum atomic E-state index is 13.2. The Morgan fingerprint density at radius 3 is 2.36 bits per heavy atom. The van der Waals surface area contributed by atoms with E-state index in [1.807, 2.05) is 20.8 Å². The van der Waals surface area contributed by atoms with Gasteiger partial charge in [-0.25, -0.2) is 0 Å². The molecule has 0 spiro atoms. The summed E-state index contributed by atoms with van der Waals surface area (Å²) in [5, 5.41) is 2.73. The number of nitrogens with two attached hydrogens (primary N) is 1. The summed E-state index contributed by atoms with van der Waals surface area (Å²) in [5.41, 5.74) is 7.03. The molecular weight excluding hydrogens is 477 g/mol. The van der Waals surface area contributed by atoms with E-state index >= 15 is 0 Å². The molecule has 0 aliphatic carbocycles. The first-order valence-corrected chi connectivity index (χ1v) is 10.6. The van der Waals surface area contributed by atoms with E-state index in [2.05, 4.69) is 26.6 Å². The minimum atomic E-state index is -4.87. The minimum Gasteiger partial charge on any atom is -0.493 e. The van der Waals surface area contributed by atoms with Crippen LogP contribution in [-0.2, 0) is 5.41 Å². The third-order valence-corrected chi connectivity index (χ3v) is 4.81. The number of amides is 1. The second kappa shape index (κ2) is 10.1. The van der Waals surface area contributed by atoms with E-state index in [1.165, 1.54) is 25.6 Å². The smallest absolute Gasteiger partial charge is 0.493 e.